The molecular formula is C14H23IN6O2S. The summed E-state index contributed by atoms with van der Waals surface area (Å²) in [6.45, 7) is 3.89. The maximum atomic E-state index is 11.1. The van der Waals surface area contributed by atoms with Gasteiger partial charge in [0.1, 0.15) is 6.10 Å². The minimum Gasteiger partial charge on any atom is -0.370 e. The Morgan fingerprint density at radius 3 is 2.67 bits per heavy atom. The van der Waals surface area contributed by atoms with Gasteiger partial charge < -0.3 is 26.0 Å². The molecule has 1 amide bonds. The first-order valence-electron chi connectivity index (χ1n) is 7.77. The molecule has 8 nitrogen and oxygen atoms in total. The van der Waals surface area contributed by atoms with Crippen molar-refractivity contribution < 1.29 is 9.53 Å². The predicted molar refractivity (Wildman–Crippen MR) is 105 cm³/mol. The first-order chi connectivity index (χ1) is 11.1. The van der Waals surface area contributed by atoms with Crippen molar-refractivity contribution in [3.05, 3.63) is 11.6 Å². The van der Waals surface area contributed by atoms with E-state index in [1.54, 1.807) is 11.3 Å². The first-order valence-corrected chi connectivity index (χ1v) is 8.65. The van der Waals surface area contributed by atoms with E-state index in [1.807, 2.05) is 11.6 Å². The van der Waals surface area contributed by atoms with Crippen LogP contribution in [0.15, 0.2) is 16.6 Å². The summed E-state index contributed by atoms with van der Waals surface area (Å²) in [5.74, 6) is 0.137. The summed E-state index contributed by atoms with van der Waals surface area (Å²) in [6.07, 6.45) is 2.74. The minimum absolute atomic E-state index is 0. The highest BCUT2D eigenvalue weighted by Crippen LogP contribution is 2.20. The van der Waals surface area contributed by atoms with E-state index in [0.717, 1.165) is 37.7 Å². The summed E-state index contributed by atoms with van der Waals surface area (Å²) in [5, 5.41) is 3.04. The third kappa shape index (κ3) is 4.70. The normalized spacial score (nSPS) is 24.8. The van der Waals surface area contributed by atoms with E-state index in [1.165, 1.54) is 0 Å². The quantitative estimate of drug-likeness (QED) is 0.374. The fourth-order valence-corrected chi connectivity index (χ4v) is 3.54. The van der Waals surface area contributed by atoms with Crippen LogP contribution in [0.5, 0.6) is 0 Å². The largest absolute Gasteiger partial charge is 0.370 e. The highest BCUT2D eigenvalue weighted by molar-refractivity contribution is 14.0. The van der Waals surface area contributed by atoms with Gasteiger partial charge in [-0.3, -0.25) is 9.79 Å². The van der Waals surface area contributed by atoms with Crippen LogP contribution >= 0.6 is 35.3 Å². The molecule has 1 aromatic heterocycles. The van der Waals surface area contributed by atoms with Gasteiger partial charge in [0.05, 0.1) is 12.6 Å². The second kappa shape index (κ2) is 8.81. The molecule has 134 valence electrons. The predicted octanol–water partition coefficient (Wildman–Crippen LogP) is 0.231. The third-order valence-corrected chi connectivity index (χ3v) is 5.01. The fraction of sp³-hybridized carbons (Fsp3) is 0.643. The van der Waals surface area contributed by atoms with Crippen molar-refractivity contribution in [3.63, 3.8) is 0 Å². The van der Waals surface area contributed by atoms with Crippen LogP contribution in [0.3, 0.4) is 0 Å². The number of hydrogen-bond donors (Lipinski definition) is 2. The van der Waals surface area contributed by atoms with Crippen molar-refractivity contribution in [2.45, 2.75) is 25.0 Å². The maximum Gasteiger partial charge on any atom is 0.246 e. The van der Waals surface area contributed by atoms with Crippen molar-refractivity contribution in [2.75, 3.05) is 37.6 Å². The van der Waals surface area contributed by atoms with Gasteiger partial charge in [0.25, 0.3) is 0 Å². The number of carbonyl (C=O) groups excluding carboxylic acids is 1. The molecule has 1 aromatic rings. The number of primary amides is 1. The van der Waals surface area contributed by atoms with E-state index in [-0.39, 0.29) is 30.1 Å². The number of anilines is 1. The molecular weight excluding hydrogens is 443 g/mol. The average Bonchev–Trinajstić information content (AvgIpc) is 3.24. The molecule has 4 N–H and O–H groups in total. The Bertz CT molecular complexity index is 562. The average molecular weight is 466 g/mol. The van der Waals surface area contributed by atoms with E-state index in [2.05, 4.69) is 19.8 Å². The highest BCUT2D eigenvalue weighted by atomic mass is 127. The minimum atomic E-state index is -0.474. The third-order valence-electron chi connectivity index (χ3n) is 4.18. The summed E-state index contributed by atoms with van der Waals surface area (Å²) in [5.41, 5.74) is 11.3. The van der Waals surface area contributed by atoms with Crippen molar-refractivity contribution in [1.29, 1.82) is 0 Å². The lowest BCUT2D eigenvalue weighted by atomic mass is 10.2. The standard InChI is InChI=1S/C14H22N6O2S.HI/c15-12(21)11-2-1-10(22-11)9-18-13(16)19-4-6-20(7-5-19)14-17-3-8-23-14;/h3,8,10-11H,1-2,4-7,9H2,(H2,15,21)(H2,16,18);1H. The van der Waals surface area contributed by atoms with Gasteiger partial charge in [-0.05, 0) is 12.8 Å². The van der Waals surface area contributed by atoms with Crippen molar-refractivity contribution in [1.82, 2.24) is 9.88 Å². The lowest BCUT2D eigenvalue weighted by molar-refractivity contribution is -0.128. The molecule has 3 rings (SSSR count). The molecule has 2 aliphatic heterocycles. The molecule has 2 fully saturated rings. The molecule has 0 radical (unpaired) electrons. The van der Waals surface area contributed by atoms with Gasteiger partial charge in [0, 0.05) is 37.8 Å². The van der Waals surface area contributed by atoms with E-state index in [9.17, 15) is 4.79 Å². The van der Waals surface area contributed by atoms with Gasteiger partial charge in [-0.25, -0.2) is 4.98 Å². The molecule has 0 aliphatic carbocycles. The van der Waals surface area contributed by atoms with Gasteiger partial charge in [-0.1, -0.05) is 0 Å². The molecule has 0 bridgehead atoms. The number of hydrogen-bond acceptors (Lipinski definition) is 6. The van der Waals surface area contributed by atoms with Crippen LogP contribution in [-0.4, -0.2) is 66.7 Å². The Morgan fingerprint density at radius 2 is 2.08 bits per heavy atom. The van der Waals surface area contributed by atoms with E-state index < -0.39 is 12.0 Å². The molecule has 2 saturated heterocycles. The molecule has 24 heavy (non-hydrogen) atoms. The smallest absolute Gasteiger partial charge is 0.246 e. The topological polar surface area (TPSA) is 110 Å². The van der Waals surface area contributed by atoms with Gasteiger partial charge in [-0.15, -0.1) is 35.3 Å². The monoisotopic (exact) mass is 466 g/mol. The Morgan fingerprint density at radius 1 is 1.33 bits per heavy atom. The highest BCUT2D eigenvalue weighted by Gasteiger charge is 2.29. The second-order valence-electron chi connectivity index (χ2n) is 5.71. The van der Waals surface area contributed by atoms with Crippen LogP contribution < -0.4 is 16.4 Å². The number of thiazole rings is 1. The van der Waals surface area contributed by atoms with E-state index >= 15 is 0 Å². The van der Waals surface area contributed by atoms with Crippen LogP contribution in [0, 0.1) is 0 Å². The number of nitrogens with two attached hydrogens (primary N) is 2. The molecule has 0 aromatic carbocycles. The molecule has 2 aliphatic rings. The zero-order chi connectivity index (χ0) is 16.2. The molecule has 0 spiro atoms. The molecule has 2 atom stereocenters. The van der Waals surface area contributed by atoms with Gasteiger partial charge in [-0.2, -0.15) is 0 Å². The van der Waals surface area contributed by atoms with E-state index in [4.69, 9.17) is 16.2 Å². The molecule has 2 unspecified atom stereocenters. The number of aromatic nitrogens is 1. The number of ether oxygens (including phenoxy) is 1. The number of rotatable bonds is 4. The van der Waals surface area contributed by atoms with E-state index in [0.29, 0.717) is 18.9 Å². The lowest BCUT2D eigenvalue weighted by Gasteiger charge is -2.35. The van der Waals surface area contributed by atoms with Crippen molar-refractivity contribution in [2.24, 2.45) is 16.5 Å². The summed E-state index contributed by atoms with van der Waals surface area (Å²) >= 11 is 1.65. The first kappa shape index (κ1) is 19.2. The van der Waals surface area contributed by atoms with Crippen LogP contribution in [0.25, 0.3) is 0 Å². The zero-order valence-electron chi connectivity index (χ0n) is 13.3. The summed E-state index contributed by atoms with van der Waals surface area (Å²) in [7, 11) is 0. The summed E-state index contributed by atoms with van der Waals surface area (Å²) in [4.78, 5) is 24.2. The SMILES string of the molecule is I.NC(=O)C1CCC(CN=C(N)N2CCN(c3nccs3)CC2)O1. The number of aliphatic imine (C=N–C) groups is 1. The Hall–Kier alpha value is -1.14. The number of nitrogens with zero attached hydrogens (tertiary/aromatic N) is 4. The van der Waals surface area contributed by atoms with Crippen LogP contribution in [0.4, 0.5) is 5.13 Å². The zero-order valence-corrected chi connectivity index (χ0v) is 16.5. The number of piperazine rings is 1. The Labute approximate surface area is 162 Å². The lowest BCUT2D eigenvalue weighted by Crippen LogP contribution is -2.51. The number of guanidine groups is 1. The summed E-state index contributed by atoms with van der Waals surface area (Å²) < 4.78 is 5.56. The van der Waals surface area contributed by atoms with Gasteiger partial charge >= 0.3 is 0 Å². The van der Waals surface area contributed by atoms with Gasteiger partial charge in [0.15, 0.2) is 11.1 Å². The Kier molecular flexibility index (Phi) is 7.04. The molecule has 10 heteroatoms. The number of halogens is 1. The van der Waals surface area contributed by atoms with Crippen LogP contribution in [0.2, 0.25) is 0 Å². The van der Waals surface area contributed by atoms with Crippen molar-refractivity contribution >= 4 is 52.3 Å². The van der Waals surface area contributed by atoms with Gasteiger partial charge in [0.2, 0.25) is 5.91 Å². The van der Waals surface area contributed by atoms with Crippen LogP contribution in [-0.2, 0) is 9.53 Å². The number of amides is 1. The molecule has 3 heterocycles. The molecule has 0 saturated carbocycles. The Balaban J connectivity index is 0.00000208. The maximum absolute atomic E-state index is 11.1. The summed E-state index contributed by atoms with van der Waals surface area (Å²) in [6, 6.07) is 0. The fourth-order valence-electron chi connectivity index (χ4n) is 2.84. The second-order valence-corrected chi connectivity index (χ2v) is 6.59. The van der Waals surface area contributed by atoms with Crippen molar-refractivity contribution in [3.8, 4) is 0 Å². The van der Waals surface area contributed by atoms with Crippen LogP contribution in [0.1, 0.15) is 12.8 Å². The number of carbonyl (C=O) groups is 1.